The fourth-order valence-corrected chi connectivity index (χ4v) is 4.07. The van der Waals surface area contributed by atoms with Crippen LogP contribution >= 0.6 is 0 Å². The van der Waals surface area contributed by atoms with Gasteiger partial charge in [-0.15, -0.1) is 0 Å². The number of methoxy groups -OCH3 is 1. The van der Waals surface area contributed by atoms with E-state index >= 15 is 0 Å². The van der Waals surface area contributed by atoms with Gasteiger partial charge in [-0.25, -0.2) is 4.79 Å². The second-order valence-electron chi connectivity index (χ2n) is 7.09. The molecule has 2 aromatic heterocycles. The third-order valence-corrected chi connectivity index (χ3v) is 5.43. The molecule has 7 heteroatoms. The molecule has 1 aliphatic rings. The first-order valence-electron chi connectivity index (χ1n) is 9.46. The van der Waals surface area contributed by atoms with Gasteiger partial charge in [0.05, 0.1) is 23.7 Å². The van der Waals surface area contributed by atoms with Crippen molar-refractivity contribution in [2.45, 2.75) is 31.7 Å². The number of fused-ring (bicyclic) bond motifs is 1. The molecule has 0 spiro atoms. The Kier molecular flexibility index (Phi) is 4.00. The maximum atomic E-state index is 12.5. The normalized spacial score (nSPS) is 14.8. The summed E-state index contributed by atoms with van der Waals surface area (Å²) in [6.45, 7) is 0. The Labute approximate surface area is 161 Å². The maximum Gasteiger partial charge on any atom is 0.326 e. The topological polar surface area (TPSA) is 85.9 Å². The predicted octanol–water partition coefficient (Wildman–Crippen LogP) is 4.17. The summed E-state index contributed by atoms with van der Waals surface area (Å²) in [5.41, 5.74) is 3.19. The van der Waals surface area contributed by atoms with Gasteiger partial charge >= 0.3 is 5.69 Å². The molecule has 2 heterocycles. The van der Waals surface area contributed by atoms with E-state index in [-0.39, 0.29) is 11.7 Å². The molecule has 4 aromatic rings. The molecule has 0 atom stereocenters. The molecule has 1 saturated carbocycles. The first-order valence-corrected chi connectivity index (χ1v) is 9.46. The largest absolute Gasteiger partial charge is 0.496 e. The third-order valence-electron chi connectivity index (χ3n) is 5.43. The number of nitrogens with zero attached hydrogens (tertiary/aromatic N) is 3. The second kappa shape index (κ2) is 6.67. The fraction of sp³-hybridized carbons (Fsp3) is 0.286. The van der Waals surface area contributed by atoms with Crippen molar-refractivity contribution in [3.63, 3.8) is 0 Å². The van der Waals surface area contributed by atoms with Crippen molar-refractivity contribution in [1.29, 1.82) is 0 Å². The van der Waals surface area contributed by atoms with Crippen LogP contribution in [0.4, 0.5) is 0 Å². The highest BCUT2D eigenvalue weighted by molar-refractivity contribution is 5.81. The number of para-hydroxylation sites is 1. The standard InChI is InChI=1S/C21H20N4O3/c1-27-18-9-5-4-8-15(18)20-23-19(24-28-20)13-10-11-17-16(12-13)22-21(26)25(17)14-6-2-3-7-14/h4-5,8-12,14H,2-3,6-7H2,1H3,(H,22,26). The smallest absolute Gasteiger partial charge is 0.326 e. The van der Waals surface area contributed by atoms with Gasteiger partial charge < -0.3 is 14.2 Å². The van der Waals surface area contributed by atoms with Crippen molar-refractivity contribution < 1.29 is 9.26 Å². The Hall–Kier alpha value is -3.35. The number of H-pyrrole nitrogens is 1. The average Bonchev–Trinajstić information content (AvgIpc) is 3.46. The van der Waals surface area contributed by atoms with Crippen LogP contribution < -0.4 is 10.4 Å². The predicted molar refractivity (Wildman–Crippen MR) is 105 cm³/mol. The molecule has 1 aliphatic carbocycles. The Morgan fingerprint density at radius 1 is 1.18 bits per heavy atom. The van der Waals surface area contributed by atoms with Crippen LogP contribution in [0.15, 0.2) is 51.8 Å². The first kappa shape index (κ1) is 16.8. The van der Waals surface area contributed by atoms with Crippen molar-refractivity contribution >= 4 is 11.0 Å². The number of ether oxygens (including phenoxy) is 1. The highest BCUT2D eigenvalue weighted by atomic mass is 16.5. The van der Waals surface area contributed by atoms with E-state index in [0.29, 0.717) is 17.5 Å². The number of imidazole rings is 1. The van der Waals surface area contributed by atoms with Gasteiger partial charge in [-0.3, -0.25) is 4.57 Å². The summed E-state index contributed by atoms with van der Waals surface area (Å²) in [7, 11) is 1.61. The number of aromatic nitrogens is 4. The SMILES string of the molecule is COc1ccccc1-c1nc(-c2ccc3c(c2)[nH]c(=O)n3C2CCCC2)no1. The van der Waals surface area contributed by atoms with E-state index in [0.717, 1.165) is 35.0 Å². The van der Waals surface area contributed by atoms with Crippen molar-refractivity contribution in [3.8, 4) is 28.6 Å². The first-order chi connectivity index (χ1) is 13.7. The van der Waals surface area contributed by atoms with Gasteiger partial charge in [0.2, 0.25) is 5.82 Å². The number of benzene rings is 2. The molecule has 0 amide bonds. The molecular formula is C21H20N4O3. The third kappa shape index (κ3) is 2.70. The number of aromatic amines is 1. The molecule has 142 valence electrons. The van der Waals surface area contributed by atoms with Crippen LogP contribution in [0.25, 0.3) is 33.9 Å². The van der Waals surface area contributed by atoms with Gasteiger partial charge in [0.15, 0.2) is 0 Å². The lowest BCUT2D eigenvalue weighted by Crippen LogP contribution is -2.20. The molecule has 0 bridgehead atoms. The molecule has 7 nitrogen and oxygen atoms in total. The van der Waals surface area contributed by atoms with Gasteiger partial charge in [-0.2, -0.15) is 4.98 Å². The lowest BCUT2D eigenvalue weighted by atomic mass is 10.1. The van der Waals surface area contributed by atoms with E-state index < -0.39 is 0 Å². The molecule has 0 radical (unpaired) electrons. The van der Waals surface area contributed by atoms with E-state index in [1.54, 1.807) is 7.11 Å². The van der Waals surface area contributed by atoms with E-state index in [9.17, 15) is 4.79 Å². The highest BCUT2D eigenvalue weighted by Crippen LogP contribution is 2.33. The van der Waals surface area contributed by atoms with Gasteiger partial charge in [0.25, 0.3) is 5.89 Å². The summed E-state index contributed by atoms with van der Waals surface area (Å²) in [5.74, 6) is 1.54. The van der Waals surface area contributed by atoms with Crippen molar-refractivity contribution in [1.82, 2.24) is 19.7 Å². The summed E-state index contributed by atoms with van der Waals surface area (Å²) >= 11 is 0. The minimum Gasteiger partial charge on any atom is -0.496 e. The molecule has 0 unspecified atom stereocenters. The lowest BCUT2D eigenvalue weighted by molar-refractivity contribution is 0.405. The van der Waals surface area contributed by atoms with Crippen LogP contribution in [0.3, 0.4) is 0 Å². The number of hydrogen-bond acceptors (Lipinski definition) is 5. The van der Waals surface area contributed by atoms with Crippen LogP contribution in [0.5, 0.6) is 5.75 Å². The Morgan fingerprint density at radius 3 is 2.82 bits per heavy atom. The molecule has 5 rings (SSSR count). The van der Waals surface area contributed by atoms with E-state index in [1.807, 2.05) is 47.0 Å². The highest BCUT2D eigenvalue weighted by Gasteiger charge is 2.22. The van der Waals surface area contributed by atoms with Gasteiger partial charge in [-0.05, 0) is 43.2 Å². The van der Waals surface area contributed by atoms with Gasteiger partial charge in [-0.1, -0.05) is 30.1 Å². The van der Waals surface area contributed by atoms with Crippen molar-refractivity contribution in [2.75, 3.05) is 7.11 Å². The Morgan fingerprint density at radius 2 is 2.00 bits per heavy atom. The summed E-state index contributed by atoms with van der Waals surface area (Å²) in [5, 5.41) is 4.11. The van der Waals surface area contributed by atoms with Crippen LogP contribution in [-0.2, 0) is 0 Å². The number of nitrogens with one attached hydrogen (secondary N) is 1. The van der Waals surface area contributed by atoms with E-state index in [1.165, 1.54) is 12.8 Å². The molecule has 0 aliphatic heterocycles. The summed E-state index contributed by atoms with van der Waals surface area (Å²) < 4.78 is 12.7. The van der Waals surface area contributed by atoms with Crippen LogP contribution in [0.1, 0.15) is 31.7 Å². The molecule has 28 heavy (non-hydrogen) atoms. The van der Waals surface area contributed by atoms with Gasteiger partial charge in [0.1, 0.15) is 5.75 Å². The van der Waals surface area contributed by atoms with Gasteiger partial charge in [0, 0.05) is 11.6 Å². The van der Waals surface area contributed by atoms with Crippen LogP contribution in [-0.4, -0.2) is 26.8 Å². The molecule has 0 saturated heterocycles. The minimum atomic E-state index is -0.0538. The van der Waals surface area contributed by atoms with E-state index in [2.05, 4.69) is 15.1 Å². The molecule has 1 fully saturated rings. The summed E-state index contributed by atoms with van der Waals surface area (Å²) in [6, 6.07) is 13.6. The Bertz CT molecular complexity index is 1200. The average molecular weight is 376 g/mol. The quantitative estimate of drug-likeness (QED) is 0.578. The van der Waals surface area contributed by atoms with Crippen molar-refractivity contribution in [3.05, 3.63) is 52.9 Å². The second-order valence-corrected chi connectivity index (χ2v) is 7.09. The maximum absolute atomic E-state index is 12.5. The number of rotatable bonds is 4. The summed E-state index contributed by atoms with van der Waals surface area (Å²) in [6.07, 6.45) is 4.47. The van der Waals surface area contributed by atoms with Crippen molar-refractivity contribution in [2.24, 2.45) is 0 Å². The van der Waals surface area contributed by atoms with E-state index in [4.69, 9.17) is 9.26 Å². The number of hydrogen-bond donors (Lipinski definition) is 1. The fourth-order valence-electron chi connectivity index (χ4n) is 4.07. The van der Waals surface area contributed by atoms with Crippen LogP contribution in [0.2, 0.25) is 0 Å². The summed E-state index contributed by atoms with van der Waals surface area (Å²) in [4.78, 5) is 20.0. The Balaban J connectivity index is 1.54. The lowest BCUT2D eigenvalue weighted by Gasteiger charge is -2.11. The molecule has 2 aromatic carbocycles. The minimum absolute atomic E-state index is 0.0538. The zero-order chi connectivity index (χ0) is 19.1. The molecular weight excluding hydrogens is 356 g/mol. The zero-order valence-corrected chi connectivity index (χ0v) is 15.5. The zero-order valence-electron chi connectivity index (χ0n) is 15.5. The molecule has 1 N–H and O–H groups in total. The van der Waals surface area contributed by atoms with Crippen LogP contribution in [0, 0.1) is 0 Å². The monoisotopic (exact) mass is 376 g/mol.